The van der Waals surface area contributed by atoms with Crippen LogP contribution in [-0.4, -0.2) is 40.4 Å². The molecule has 0 spiro atoms. The van der Waals surface area contributed by atoms with Crippen LogP contribution in [0.15, 0.2) is 36.4 Å². The molecule has 0 bridgehead atoms. The van der Waals surface area contributed by atoms with Gasteiger partial charge in [0.25, 0.3) is 0 Å². The van der Waals surface area contributed by atoms with Crippen LogP contribution < -0.4 is 10.2 Å². The minimum absolute atomic E-state index is 0.357. The highest BCUT2D eigenvalue weighted by molar-refractivity contribution is 6.62. The predicted octanol–water partition coefficient (Wildman–Crippen LogP) is 2.93. The van der Waals surface area contributed by atoms with E-state index in [1.807, 2.05) is 52.0 Å². The van der Waals surface area contributed by atoms with Crippen molar-refractivity contribution < 1.29 is 18.4 Å². The summed E-state index contributed by atoms with van der Waals surface area (Å²) in [4.78, 5) is 0. The molecule has 0 atom stereocenters. The standard InChI is InChI=1S/C20H23BFN3O3/c1-19(2)20(3,4)28-21(27-19)14-10-16(22)18-17(11-14)23-24-25(18)12-13-6-8-15(26-5)9-7-13/h6-11H,12H2,1-5H3. The average Bonchev–Trinajstić information content (AvgIpc) is 3.13. The highest BCUT2D eigenvalue weighted by Gasteiger charge is 2.51. The maximum absolute atomic E-state index is 15.0. The van der Waals surface area contributed by atoms with Crippen molar-refractivity contribution in [2.24, 2.45) is 0 Å². The van der Waals surface area contributed by atoms with Crippen LogP contribution in [0.5, 0.6) is 5.75 Å². The van der Waals surface area contributed by atoms with Crippen LogP contribution in [0.25, 0.3) is 11.0 Å². The van der Waals surface area contributed by atoms with E-state index in [0.717, 1.165) is 11.3 Å². The second-order valence-corrected chi connectivity index (χ2v) is 8.05. The van der Waals surface area contributed by atoms with Gasteiger partial charge in [0, 0.05) is 0 Å². The van der Waals surface area contributed by atoms with Crippen LogP contribution in [0.4, 0.5) is 4.39 Å². The van der Waals surface area contributed by atoms with Crippen LogP contribution in [0.3, 0.4) is 0 Å². The Morgan fingerprint density at radius 2 is 1.71 bits per heavy atom. The quantitative estimate of drug-likeness (QED) is 0.649. The maximum Gasteiger partial charge on any atom is 0.495 e. The summed E-state index contributed by atoms with van der Waals surface area (Å²) in [5, 5.41) is 8.28. The largest absolute Gasteiger partial charge is 0.497 e. The van der Waals surface area contributed by atoms with Gasteiger partial charge in [-0.15, -0.1) is 5.10 Å². The summed E-state index contributed by atoms with van der Waals surface area (Å²) in [6, 6.07) is 10.8. The van der Waals surface area contributed by atoms with Crippen LogP contribution in [0.1, 0.15) is 33.3 Å². The molecule has 0 aliphatic carbocycles. The zero-order valence-electron chi connectivity index (χ0n) is 16.7. The zero-order chi connectivity index (χ0) is 20.1. The molecule has 0 radical (unpaired) electrons. The molecule has 4 rings (SSSR count). The minimum Gasteiger partial charge on any atom is -0.497 e. The number of hydrogen-bond donors (Lipinski definition) is 0. The molecular weight excluding hydrogens is 360 g/mol. The number of halogens is 1. The molecule has 1 saturated heterocycles. The average molecular weight is 383 g/mol. The molecule has 1 aliphatic heterocycles. The molecular formula is C20H23BFN3O3. The molecule has 0 saturated carbocycles. The molecule has 0 unspecified atom stereocenters. The number of ether oxygens (including phenoxy) is 1. The first-order valence-electron chi connectivity index (χ1n) is 9.21. The highest BCUT2D eigenvalue weighted by atomic mass is 19.1. The summed E-state index contributed by atoms with van der Waals surface area (Å²) in [5.41, 5.74) is 1.42. The van der Waals surface area contributed by atoms with Gasteiger partial charge in [-0.3, -0.25) is 0 Å². The third-order valence-corrected chi connectivity index (χ3v) is 5.60. The normalized spacial score (nSPS) is 18.0. The van der Waals surface area contributed by atoms with Gasteiger partial charge in [0.2, 0.25) is 0 Å². The summed E-state index contributed by atoms with van der Waals surface area (Å²) >= 11 is 0. The number of nitrogens with zero attached hydrogens (tertiary/aromatic N) is 3. The Morgan fingerprint density at radius 3 is 2.32 bits per heavy atom. The van der Waals surface area contributed by atoms with Crippen molar-refractivity contribution in [1.82, 2.24) is 15.0 Å². The van der Waals surface area contributed by atoms with Crippen molar-refractivity contribution in [2.75, 3.05) is 7.11 Å². The van der Waals surface area contributed by atoms with Crippen LogP contribution in [0.2, 0.25) is 0 Å². The van der Waals surface area contributed by atoms with Crippen LogP contribution in [-0.2, 0) is 15.9 Å². The van der Waals surface area contributed by atoms with Crippen LogP contribution in [0, 0.1) is 5.82 Å². The van der Waals surface area contributed by atoms with Crippen molar-refractivity contribution in [3.8, 4) is 5.75 Å². The monoisotopic (exact) mass is 383 g/mol. The smallest absolute Gasteiger partial charge is 0.495 e. The second kappa shape index (κ2) is 6.56. The Kier molecular flexibility index (Phi) is 4.43. The second-order valence-electron chi connectivity index (χ2n) is 8.05. The van der Waals surface area contributed by atoms with E-state index in [4.69, 9.17) is 14.0 Å². The van der Waals surface area contributed by atoms with E-state index >= 15 is 0 Å². The lowest BCUT2D eigenvalue weighted by Crippen LogP contribution is -2.41. The Bertz CT molecular complexity index is 1000. The van der Waals surface area contributed by atoms with E-state index in [-0.39, 0.29) is 0 Å². The Labute approximate surface area is 163 Å². The first-order valence-corrected chi connectivity index (χ1v) is 9.21. The van der Waals surface area contributed by atoms with Crippen molar-refractivity contribution in [3.05, 3.63) is 47.8 Å². The van der Waals surface area contributed by atoms with Crippen molar-refractivity contribution in [3.63, 3.8) is 0 Å². The minimum atomic E-state index is -0.643. The Hall–Kier alpha value is -2.45. The van der Waals surface area contributed by atoms with Gasteiger partial charge in [-0.1, -0.05) is 17.3 Å². The fourth-order valence-electron chi connectivity index (χ4n) is 3.21. The van der Waals surface area contributed by atoms with Gasteiger partial charge in [0.1, 0.15) is 22.6 Å². The summed E-state index contributed by atoms with van der Waals surface area (Å²) in [6.45, 7) is 8.27. The molecule has 1 aromatic heterocycles. The van der Waals surface area contributed by atoms with Gasteiger partial charge < -0.3 is 14.0 Å². The lowest BCUT2D eigenvalue weighted by molar-refractivity contribution is 0.00578. The molecule has 0 N–H and O–H groups in total. The van der Waals surface area contributed by atoms with E-state index < -0.39 is 24.1 Å². The van der Waals surface area contributed by atoms with Gasteiger partial charge in [-0.05, 0) is 63.0 Å². The molecule has 1 aliphatic rings. The molecule has 1 fully saturated rings. The number of benzene rings is 2. The van der Waals surface area contributed by atoms with Crippen molar-refractivity contribution >= 4 is 23.6 Å². The van der Waals surface area contributed by atoms with E-state index in [2.05, 4.69) is 10.3 Å². The van der Waals surface area contributed by atoms with E-state index in [0.29, 0.717) is 23.0 Å². The first-order chi connectivity index (χ1) is 13.2. The van der Waals surface area contributed by atoms with Crippen LogP contribution >= 0.6 is 0 Å². The molecule has 146 valence electrons. The molecule has 8 heteroatoms. The number of hydrogen-bond acceptors (Lipinski definition) is 5. The lowest BCUT2D eigenvalue weighted by atomic mass is 9.79. The van der Waals surface area contributed by atoms with E-state index in [1.165, 1.54) is 6.07 Å². The lowest BCUT2D eigenvalue weighted by Gasteiger charge is -2.32. The molecule has 2 aromatic carbocycles. The van der Waals surface area contributed by atoms with Gasteiger partial charge in [0.05, 0.1) is 24.9 Å². The third-order valence-electron chi connectivity index (χ3n) is 5.60. The summed E-state index contributed by atoms with van der Waals surface area (Å²) in [7, 11) is 0.975. The SMILES string of the molecule is COc1ccc(Cn2nnc3cc(B4OC(C)(C)C(C)(C)O4)cc(F)c32)cc1. The predicted molar refractivity (Wildman–Crippen MR) is 105 cm³/mol. The number of rotatable bonds is 4. The molecule has 2 heterocycles. The molecule has 0 amide bonds. The van der Waals surface area contributed by atoms with Gasteiger partial charge in [-0.25, -0.2) is 9.07 Å². The summed E-state index contributed by atoms with van der Waals surface area (Å²) in [5.74, 6) is 0.367. The van der Waals surface area contributed by atoms with Gasteiger partial charge in [-0.2, -0.15) is 0 Å². The van der Waals surface area contributed by atoms with E-state index in [1.54, 1.807) is 17.9 Å². The number of fused-ring (bicyclic) bond motifs is 1. The van der Waals surface area contributed by atoms with Gasteiger partial charge >= 0.3 is 7.12 Å². The number of aromatic nitrogens is 3. The molecule has 6 nitrogen and oxygen atoms in total. The summed E-state index contributed by atoms with van der Waals surface area (Å²) < 4.78 is 33.7. The Morgan fingerprint density at radius 1 is 1.07 bits per heavy atom. The first kappa shape index (κ1) is 18.9. The maximum atomic E-state index is 15.0. The fourth-order valence-corrected chi connectivity index (χ4v) is 3.21. The fraction of sp³-hybridized carbons (Fsp3) is 0.400. The van der Waals surface area contributed by atoms with E-state index in [9.17, 15) is 4.39 Å². The Balaban J connectivity index is 1.64. The van der Waals surface area contributed by atoms with Gasteiger partial charge in [0.15, 0.2) is 0 Å². The number of methoxy groups -OCH3 is 1. The molecule has 28 heavy (non-hydrogen) atoms. The topological polar surface area (TPSA) is 58.4 Å². The third kappa shape index (κ3) is 3.16. The van der Waals surface area contributed by atoms with Crippen molar-refractivity contribution in [1.29, 1.82) is 0 Å². The summed E-state index contributed by atoms with van der Waals surface area (Å²) in [6.07, 6.45) is 0. The highest BCUT2D eigenvalue weighted by Crippen LogP contribution is 2.36. The molecule has 3 aromatic rings. The van der Waals surface area contributed by atoms with Crippen molar-refractivity contribution in [2.45, 2.75) is 45.4 Å². The zero-order valence-corrected chi connectivity index (χ0v) is 16.7.